The standard InChI is InChI=1S/C23H19F2N3O2/c24-16-10-19-18(20(25)11-16)7-8-21(19)28(23(30)14-5-3-9-27-12-14)13-15-4-1-2-6-17(15)22(26)29/h1-6,9-12,21H,7-8,13H2,(H2,26,29)/t21-/m1/s1. The van der Waals surface area contributed by atoms with Crippen LogP contribution in [0.5, 0.6) is 0 Å². The molecule has 0 fully saturated rings. The fraction of sp³-hybridized carbons (Fsp3) is 0.174. The summed E-state index contributed by atoms with van der Waals surface area (Å²) in [5.41, 5.74) is 7.56. The van der Waals surface area contributed by atoms with E-state index < -0.39 is 23.6 Å². The van der Waals surface area contributed by atoms with Gasteiger partial charge in [-0.05, 0) is 53.8 Å². The molecule has 2 aromatic carbocycles. The van der Waals surface area contributed by atoms with Crippen LogP contribution in [-0.2, 0) is 13.0 Å². The zero-order valence-electron chi connectivity index (χ0n) is 16.0. The van der Waals surface area contributed by atoms with Crippen LogP contribution in [0, 0.1) is 11.6 Å². The van der Waals surface area contributed by atoms with Crippen molar-refractivity contribution in [1.82, 2.24) is 9.88 Å². The second-order valence-corrected chi connectivity index (χ2v) is 7.21. The predicted octanol–water partition coefficient (Wildman–Crippen LogP) is 3.79. The van der Waals surface area contributed by atoms with Gasteiger partial charge in [0.1, 0.15) is 11.6 Å². The van der Waals surface area contributed by atoms with Crippen molar-refractivity contribution in [3.8, 4) is 0 Å². The molecule has 0 radical (unpaired) electrons. The molecule has 0 saturated carbocycles. The molecule has 0 aliphatic heterocycles. The maximum Gasteiger partial charge on any atom is 0.256 e. The van der Waals surface area contributed by atoms with Crippen LogP contribution in [-0.4, -0.2) is 21.7 Å². The first-order chi connectivity index (χ1) is 14.5. The Hall–Kier alpha value is -3.61. The third kappa shape index (κ3) is 3.66. The third-order valence-electron chi connectivity index (χ3n) is 5.39. The summed E-state index contributed by atoms with van der Waals surface area (Å²) in [6.07, 6.45) is 3.83. The van der Waals surface area contributed by atoms with Crippen LogP contribution >= 0.6 is 0 Å². The Kier molecular flexibility index (Phi) is 5.27. The molecule has 5 nitrogen and oxygen atoms in total. The van der Waals surface area contributed by atoms with Crippen molar-refractivity contribution < 1.29 is 18.4 Å². The van der Waals surface area contributed by atoms with E-state index in [9.17, 15) is 18.4 Å². The molecule has 0 spiro atoms. The molecule has 1 heterocycles. The molecule has 152 valence electrons. The Balaban J connectivity index is 1.79. The first kappa shape index (κ1) is 19.7. The van der Waals surface area contributed by atoms with E-state index in [0.29, 0.717) is 40.7 Å². The lowest BCUT2D eigenvalue weighted by Crippen LogP contribution is -2.34. The Labute approximate surface area is 172 Å². The van der Waals surface area contributed by atoms with Gasteiger partial charge in [-0.25, -0.2) is 8.78 Å². The lowest BCUT2D eigenvalue weighted by molar-refractivity contribution is 0.0655. The predicted molar refractivity (Wildman–Crippen MR) is 106 cm³/mol. The minimum absolute atomic E-state index is 0.0646. The van der Waals surface area contributed by atoms with Gasteiger partial charge in [0.2, 0.25) is 5.91 Å². The molecular formula is C23H19F2N3O2. The average Bonchev–Trinajstić information content (AvgIpc) is 3.16. The summed E-state index contributed by atoms with van der Waals surface area (Å²) in [6, 6.07) is 11.6. The highest BCUT2D eigenvalue weighted by Crippen LogP contribution is 2.39. The van der Waals surface area contributed by atoms with Gasteiger partial charge in [0.05, 0.1) is 11.6 Å². The summed E-state index contributed by atoms with van der Waals surface area (Å²) < 4.78 is 28.3. The number of fused-ring (bicyclic) bond motifs is 1. The van der Waals surface area contributed by atoms with Gasteiger partial charge in [-0.3, -0.25) is 14.6 Å². The second-order valence-electron chi connectivity index (χ2n) is 7.21. The fourth-order valence-corrected chi connectivity index (χ4v) is 4.01. The molecule has 0 bridgehead atoms. The van der Waals surface area contributed by atoms with Crippen molar-refractivity contribution in [2.75, 3.05) is 0 Å². The van der Waals surface area contributed by atoms with Crippen LogP contribution in [0.2, 0.25) is 0 Å². The lowest BCUT2D eigenvalue weighted by atomic mass is 10.0. The number of pyridine rings is 1. The largest absolute Gasteiger partial charge is 0.366 e. The number of nitrogens with zero attached hydrogens (tertiary/aromatic N) is 2. The van der Waals surface area contributed by atoms with Gasteiger partial charge < -0.3 is 10.6 Å². The molecule has 7 heteroatoms. The fourth-order valence-electron chi connectivity index (χ4n) is 4.01. The van der Waals surface area contributed by atoms with E-state index in [1.165, 1.54) is 17.2 Å². The van der Waals surface area contributed by atoms with Crippen molar-refractivity contribution in [2.24, 2.45) is 5.73 Å². The number of carbonyl (C=O) groups is 2. The zero-order chi connectivity index (χ0) is 21.3. The highest BCUT2D eigenvalue weighted by molar-refractivity contribution is 5.96. The molecule has 2 N–H and O–H groups in total. The van der Waals surface area contributed by atoms with E-state index in [1.54, 1.807) is 42.6 Å². The number of hydrogen-bond donors (Lipinski definition) is 1. The van der Waals surface area contributed by atoms with Crippen molar-refractivity contribution in [3.05, 3.63) is 100 Å². The summed E-state index contributed by atoms with van der Waals surface area (Å²) in [7, 11) is 0. The van der Waals surface area contributed by atoms with E-state index >= 15 is 0 Å². The normalized spacial score (nSPS) is 14.9. The highest BCUT2D eigenvalue weighted by atomic mass is 19.1. The molecule has 3 aromatic rings. The monoisotopic (exact) mass is 407 g/mol. The van der Waals surface area contributed by atoms with E-state index in [0.717, 1.165) is 6.07 Å². The molecule has 0 unspecified atom stereocenters. The van der Waals surface area contributed by atoms with Gasteiger partial charge in [0, 0.05) is 30.6 Å². The quantitative estimate of drug-likeness (QED) is 0.699. The smallest absolute Gasteiger partial charge is 0.256 e. The lowest BCUT2D eigenvalue weighted by Gasteiger charge is -2.30. The van der Waals surface area contributed by atoms with Crippen LogP contribution in [0.4, 0.5) is 8.78 Å². The van der Waals surface area contributed by atoms with Gasteiger partial charge in [0.15, 0.2) is 0 Å². The van der Waals surface area contributed by atoms with E-state index in [4.69, 9.17) is 5.73 Å². The van der Waals surface area contributed by atoms with Crippen molar-refractivity contribution in [2.45, 2.75) is 25.4 Å². The first-order valence-electron chi connectivity index (χ1n) is 9.52. The first-order valence-corrected chi connectivity index (χ1v) is 9.52. The van der Waals surface area contributed by atoms with Gasteiger partial charge in [-0.15, -0.1) is 0 Å². The zero-order valence-corrected chi connectivity index (χ0v) is 16.0. The Morgan fingerprint density at radius 3 is 2.67 bits per heavy atom. The molecule has 4 rings (SSSR count). The molecule has 1 aromatic heterocycles. The van der Waals surface area contributed by atoms with Crippen LogP contribution < -0.4 is 5.73 Å². The third-order valence-corrected chi connectivity index (χ3v) is 5.39. The number of rotatable bonds is 5. The number of hydrogen-bond acceptors (Lipinski definition) is 3. The number of halogens is 2. The minimum Gasteiger partial charge on any atom is -0.366 e. The van der Waals surface area contributed by atoms with Crippen molar-refractivity contribution >= 4 is 11.8 Å². The summed E-state index contributed by atoms with van der Waals surface area (Å²) in [4.78, 5) is 30.8. The highest BCUT2D eigenvalue weighted by Gasteiger charge is 2.34. The van der Waals surface area contributed by atoms with Crippen LogP contribution in [0.3, 0.4) is 0 Å². The molecule has 1 aliphatic carbocycles. The van der Waals surface area contributed by atoms with Crippen LogP contribution in [0.1, 0.15) is 49.9 Å². The maximum absolute atomic E-state index is 14.3. The van der Waals surface area contributed by atoms with Gasteiger partial charge in [-0.1, -0.05) is 18.2 Å². The number of amides is 2. The molecule has 1 aliphatic rings. The number of aromatic nitrogens is 1. The second kappa shape index (κ2) is 8.02. The Morgan fingerprint density at radius 2 is 1.93 bits per heavy atom. The van der Waals surface area contributed by atoms with Gasteiger partial charge >= 0.3 is 0 Å². The van der Waals surface area contributed by atoms with E-state index in [1.807, 2.05) is 0 Å². The SMILES string of the molecule is NC(=O)c1ccccc1CN(C(=O)c1cccnc1)[C@@H]1CCc2c(F)cc(F)cc21. The van der Waals surface area contributed by atoms with Crippen LogP contribution in [0.25, 0.3) is 0 Å². The minimum atomic E-state index is -0.690. The Morgan fingerprint density at radius 1 is 1.13 bits per heavy atom. The topological polar surface area (TPSA) is 76.3 Å². The molecule has 0 saturated heterocycles. The number of carbonyl (C=O) groups excluding carboxylic acids is 2. The number of benzene rings is 2. The summed E-state index contributed by atoms with van der Waals surface area (Å²) >= 11 is 0. The number of primary amides is 1. The summed E-state index contributed by atoms with van der Waals surface area (Å²) in [6.45, 7) is 0.0646. The Bertz CT molecular complexity index is 1120. The summed E-state index contributed by atoms with van der Waals surface area (Å²) in [5.74, 6) is -2.25. The molecule has 2 amide bonds. The van der Waals surface area contributed by atoms with Gasteiger partial charge in [-0.2, -0.15) is 0 Å². The van der Waals surface area contributed by atoms with Crippen LogP contribution in [0.15, 0.2) is 60.9 Å². The number of nitrogens with two attached hydrogens (primary N) is 1. The van der Waals surface area contributed by atoms with Crippen molar-refractivity contribution in [3.63, 3.8) is 0 Å². The van der Waals surface area contributed by atoms with E-state index in [-0.39, 0.29) is 12.5 Å². The van der Waals surface area contributed by atoms with E-state index in [2.05, 4.69) is 4.98 Å². The van der Waals surface area contributed by atoms with Gasteiger partial charge in [0.25, 0.3) is 5.91 Å². The summed E-state index contributed by atoms with van der Waals surface area (Å²) in [5, 5.41) is 0. The van der Waals surface area contributed by atoms with Crippen molar-refractivity contribution in [1.29, 1.82) is 0 Å². The average molecular weight is 407 g/mol. The molecule has 1 atom stereocenters. The molecule has 30 heavy (non-hydrogen) atoms. The maximum atomic E-state index is 14.3. The molecular weight excluding hydrogens is 388 g/mol.